The minimum atomic E-state index is -1.20. The summed E-state index contributed by atoms with van der Waals surface area (Å²) in [5, 5.41) is 27.5. The molecule has 0 fully saturated rings. The first-order valence-corrected chi connectivity index (χ1v) is 9.02. The van der Waals surface area contributed by atoms with Crippen LogP contribution >= 0.6 is 11.3 Å². The molecule has 4 rings (SSSR count). The summed E-state index contributed by atoms with van der Waals surface area (Å²) in [7, 11) is 0. The van der Waals surface area contributed by atoms with Gasteiger partial charge >= 0.3 is 11.9 Å². The Bertz CT molecular complexity index is 1010. The van der Waals surface area contributed by atoms with Gasteiger partial charge in [0.1, 0.15) is 10.7 Å². The van der Waals surface area contributed by atoms with E-state index in [9.17, 15) is 19.8 Å². The Kier molecular flexibility index (Phi) is 4.04. The predicted octanol–water partition coefficient (Wildman–Crippen LogP) is 3.27. The van der Waals surface area contributed by atoms with Crippen LogP contribution in [0, 0.1) is 0 Å². The highest BCUT2D eigenvalue weighted by Gasteiger charge is 2.30. The van der Waals surface area contributed by atoms with Crippen molar-refractivity contribution in [1.29, 1.82) is 0 Å². The molecule has 0 aliphatic heterocycles. The molecular weight excluding hydrogens is 354 g/mol. The summed E-state index contributed by atoms with van der Waals surface area (Å²) >= 11 is 1.36. The molecule has 0 bridgehead atoms. The van der Waals surface area contributed by atoms with E-state index < -0.39 is 11.9 Å². The molecule has 8 heteroatoms. The zero-order valence-electron chi connectivity index (χ0n) is 13.7. The van der Waals surface area contributed by atoms with Crippen LogP contribution in [0.15, 0.2) is 30.3 Å². The van der Waals surface area contributed by atoms with Crippen molar-refractivity contribution in [2.75, 3.05) is 0 Å². The maximum absolute atomic E-state index is 11.9. The number of thiophene rings is 1. The molecule has 0 radical (unpaired) electrons. The van der Waals surface area contributed by atoms with Crippen LogP contribution in [-0.2, 0) is 12.8 Å². The lowest BCUT2D eigenvalue weighted by Gasteiger charge is -2.10. The minimum Gasteiger partial charge on any atom is -0.478 e. The lowest BCUT2D eigenvalue weighted by Crippen LogP contribution is -2.09. The van der Waals surface area contributed by atoms with Crippen LogP contribution in [0.25, 0.3) is 16.3 Å². The first kappa shape index (κ1) is 16.5. The molecular formula is C18H15N3O4S. The van der Waals surface area contributed by atoms with E-state index >= 15 is 0 Å². The third-order valence-corrected chi connectivity index (χ3v) is 5.75. The average Bonchev–Trinajstić information content (AvgIpc) is 3.23. The molecule has 0 amide bonds. The van der Waals surface area contributed by atoms with E-state index in [4.69, 9.17) is 0 Å². The number of fused-ring (bicyclic) bond motifs is 1. The zero-order valence-corrected chi connectivity index (χ0v) is 14.5. The van der Waals surface area contributed by atoms with Crippen molar-refractivity contribution in [3.63, 3.8) is 0 Å². The van der Waals surface area contributed by atoms with Crippen LogP contribution in [-0.4, -0.2) is 37.1 Å². The van der Waals surface area contributed by atoms with Crippen LogP contribution in [0.4, 0.5) is 0 Å². The molecule has 2 heterocycles. The number of hydrogen-bond donors (Lipinski definition) is 2. The second-order valence-corrected chi connectivity index (χ2v) is 7.15. The van der Waals surface area contributed by atoms with E-state index in [1.54, 1.807) is 24.3 Å². The van der Waals surface area contributed by atoms with Crippen LogP contribution in [0.2, 0.25) is 0 Å². The molecule has 26 heavy (non-hydrogen) atoms. The molecule has 0 spiro atoms. The highest BCUT2D eigenvalue weighted by molar-refractivity contribution is 7.15. The molecule has 0 saturated carbocycles. The summed E-state index contributed by atoms with van der Waals surface area (Å²) in [6, 6.07) is 8.92. The van der Waals surface area contributed by atoms with Crippen LogP contribution < -0.4 is 0 Å². The van der Waals surface area contributed by atoms with Crippen molar-refractivity contribution in [2.24, 2.45) is 0 Å². The molecule has 7 nitrogen and oxygen atoms in total. The van der Waals surface area contributed by atoms with Crippen molar-refractivity contribution in [3.8, 4) is 16.3 Å². The fourth-order valence-electron chi connectivity index (χ4n) is 3.34. The Morgan fingerprint density at radius 2 is 1.77 bits per heavy atom. The number of rotatable bonds is 4. The van der Waals surface area contributed by atoms with E-state index in [2.05, 4.69) is 10.3 Å². The summed E-state index contributed by atoms with van der Waals surface area (Å²) in [5.41, 5.74) is 1.77. The van der Waals surface area contributed by atoms with Gasteiger partial charge in [-0.25, -0.2) is 14.3 Å². The number of nitrogens with zero attached hydrogens (tertiary/aromatic N) is 3. The van der Waals surface area contributed by atoms with Gasteiger partial charge in [0.15, 0.2) is 5.69 Å². The minimum absolute atomic E-state index is 0.195. The molecule has 0 unspecified atom stereocenters. The number of hydrogen-bond acceptors (Lipinski definition) is 5. The number of carboxylic acids is 2. The molecule has 1 aliphatic rings. The fraction of sp³-hybridized carbons (Fsp3) is 0.222. The van der Waals surface area contributed by atoms with Crippen molar-refractivity contribution in [1.82, 2.24) is 15.0 Å². The molecule has 1 aromatic carbocycles. The van der Waals surface area contributed by atoms with Crippen molar-refractivity contribution < 1.29 is 19.8 Å². The third-order valence-electron chi connectivity index (χ3n) is 4.48. The molecule has 3 aromatic rings. The van der Waals surface area contributed by atoms with Gasteiger partial charge in [0.05, 0.1) is 5.56 Å². The van der Waals surface area contributed by atoms with Crippen molar-refractivity contribution in [3.05, 3.63) is 52.0 Å². The van der Waals surface area contributed by atoms with Crippen molar-refractivity contribution in [2.45, 2.75) is 25.7 Å². The van der Waals surface area contributed by atoms with Gasteiger partial charge in [-0.1, -0.05) is 35.5 Å². The topological polar surface area (TPSA) is 105 Å². The molecule has 2 aromatic heterocycles. The highest BCUT2D eigenvalue weighted by atomic mass is 32.1. The summed E-state index contributed by atoms with van der Waals surface area (Å²) in [5.74, 6) is -2.22. The Morgan fingerprint density at radius 3 is 2.46 bits per heavy atom. The van der Waals surface area contributed by atoms with E-state index in [0.29, 0.717) is 22.7 Å². The molecule has 1 aliphatic carbocycles. The van der Waals surface area contributed by atoms with Gasteiger partial charge in [-0.3, -0.25) is 0 Å². The SMILES string of the molecule is O=C(O)c1nnn(-c2sc3c(c2C(=O)O)CCCC3)c1-c1ccccc1. The Morgan fingerprint density at radius 1 is 1.04 bits per heavy atom. The number of aromatic nitrogens is 3. The van der Waals surface area contributed by atoms with E-state index in [0.717, 1.165) is 29.7 Å². The summed E-state index contributed by atoms with van der Waals surface area (Å²) in [6.07, 6.45) is 3.53. The maximum atomic E-state index is 11.9. The molecule has 2 N–H and O–H groups in total. The maximum Gasteiger partial charge on any atom is 0.358 e. The lowest BCUT2D eigenvalue weighted by atomic mass is 9.95. The van der Waals surface area contributed by atoms with E-state index in [1.165, 1.54) is 16.0 Å². The van der Waals surface area contributed by atoms with Gasteiger partial charge in [-0.05, 0) is 31.2 Å². The van der Waals surface area contributed by atoms with E-state index in [1.807, 2.05) is 6.07 Å². The average molecular weight is 369 g/mol. The number of aryl methyl sites for hydroxylation is 1. The predicted molar refractivity (Wildman–Crippen MR) is 95.2 cm³/mol. The van der Waals surface area contributed by atoms with Gasteiger partial charge in [0, 0.05) is 10.4 Å². The summed E-state index contributed by atoms with van der Waals surface area (Å²) in [6.45, 7) is 0. The Labute approximate surface area is 152 Å². The molecule has 0 atom stereocenters. The van der Waals surface area contributed by atoms with Gasteiger partial charge in [-0.15, -0.1) is 16.4 Å². The third kappa shape index (κ3) is 2.59. The normalized spacial score (nSPS) is 13.4. The smallest absolute Gasteiger partial charge is 0.358 e. The first-order valence-electron chi connectivity index (χ1n) is 8.20. The van der Waals surface area contributed by atoms with Crippen molar-refractivity contribution >= 4 is 23.3 Å². The lowest BCUT2D eigenvalue weighted by molar-refractivity contribution is 0.0683. The fourth-order valence-corrected chi connectivity index (χ4v) is 4.68. The van der Waals surface area contributed by atoms with Gasteiger partial charge in [0.2, 0.25) is 0 Å². The summed E-state index contributed by atoms with van der Waals surface area (Å²) in [4.78, 5) is 24.6. The molecule has 132 valence electrons. The van der Waals surface area contributed by atoms with Gasteiger partial charge < -0.3 is 10.2 Å². The number of carbonyl (C=O) groups is 2. The van der Waals surface area contributed by atoms with E-state index in [-0.39, 0.29) is 11.3 Å². The monoisotopic (exact) mass is 369 g/mol. The Hall–Kier alpha value is -3.00. The standard InChI is InChI=1S/C18H15N3O4S/c22-17(23)13-11-8-4-5-9-12(11)26-16(13)21-15(10-6-2-1-3-7-10)14(18(24)25)19-20-21/h1-3,6-7H,4-5,8-9H2,(H,22,23)(H,24,25). The number of benzene rings is 1. The van der Waals surface area contributed by atoms with Gasteiger partial charge in [0.25, 0.3) is 0 Å². The first-order chi connectivity index (χ1) is 12.6. The zero-order chi connectivity index (χ0) is 18.3. The van der Waals surface area contributed by atoms with Crippen LogP contribution in [0.1, 0.15) is 44.1 Å². The summed E-state index contributed by atoms with van der Waals surface area (Å²) < 4.78 is 1.37. The van der Waals surface area contributed by atoms with Crippen LogP contribution in [0.5, 0.6) is 0 Å². The van der Waals surface area contributed by atoms with Gasteiger partial charge in [-0.2, -0.15) is 0 Å². The molecule has 0 saturated heterocycles. The highest BCUT2D eigenvalue weighted by Crippen LogP contribution is 2.38. The second-order valence-electron chi connectivity index (χ2n) is 6.07. The largest absolute Gasteiger partial charge is 0.478 e. The Balaban J connectivity index is 1.99. The van der Waals surface area contributed by atoms with Crippen LogP contribution in [0.3, 0.4) is 0 Å². The quantitative estimate of drug-likeness (QED) is 0.731. The number of carboxylic acid groups (broad SMARTS) is 2. The second kappa shape index (κ2) is 6.38. The number of aromatic carboxylic acids is 2.